The standard InChI is InChI=1S/C22H30N4O2.HI/c1-23-22(26-15-19(16-27)18-7-3-2-4-8-18)25-14-17-11-12-24-21(13-17)28-20-9-5-6-10-20;/h2-4,7-8,11-13,19-20,27H,5-6,9-10,14-16H2,1H3,(H2,23,25,26);1H. The number of ether oxygens (including phenoxy) is 1. The molecule has 1 aromatic carbocycles. The van der Waals surface area contributed by atoms with Crippen LogP contribution in [-0.2, 0) is 6.54 Å². The zero-order valence-corrected chi connectivity index (χ0v) is 19.2. The van der Waals surface area contributed by atoms with Gasteiger partial charge in [-0.15, -0.1) is 24.0 Å². The number of halogens is 1. The molecule has 1 atom stereocenters. The molecular weight excluding hydrogens is 479 g/mol. The first-order valence-electron chi connectivity index (χ1n) is 10.0. The second kappa shape index (κ2) is 12.6. The summed E-state index contributed by atoms with van der Waals surface area (Å²) in [6, 6.07) is 14.0. The van der Waals surface area contributed by atoms with E-state index in [9.17, 15) is 5.11 Å². The molecule has 6 nitrogen and oxygen atoms in total. The second-order valence-electron chi connectivity index (χ2n) is 7.12. The van der Waals surface area contributed by atoms with E-state index in [4.69, 9.17) is 4.74 Å². The summed E-state index contributed by atoms with van der Waals surface area (Å²) < 4.78 is 5.98. The van der Waals surface area contributed by atoms with Crippen molar-refractivity contribution in [3.63, 3.8) is 0 Å². The average molecular weight is 510 g/mol. The van der Waals surface area contributed by atoms with Crippen molar-refractivity contribution in [3.8, 4) is 5.88 Å². The Morgan fingerprint density at radius 3 is 2.66 bits per heavy atom. The van der Waals surface area contributed by atoms with Crippen LogP contribution in [0.1, 0.15) is 42.7 Å². The SMILES string of the molecule is CN=C(NCc1ccnc(OC2CCCC2)c1)NCC(CO)c1ccccc1.I. The molecular formula is C22H31IN4O2. The fourth-order valence-electron chi connectivity index (χ4n) is 3.44. The van der Waals surface area contributed by atoms with Crippen molar-refractivity contribution in [2.24, 2.45) is 4.99 Å². The van der Waals surface area contributed by atoms with Crippen LogP contribution >= 0.6 is 24.0 Å². The number of aliphatic imine (C=N–C) groups is 1. The Morgan fingerprint density at radius 1 is 1.21 bits per heavy atom. The van der Waals surface area contributed by atoms with E-state index in [1.165, 1.54) is 12.8 Å². The van der Waals surface area contributed by atoms with Crippen LogP contribution in [0.15, 0.2) is 53.7 Å². The zero-order valence-electron chi connectivity index (χ0n) is 16.9. The van der Waals surface area contributed by atoms with E-state index >= 15 is 0 Å². The average Bonchev–Trinajstić information content (AvgIpc) is 3.25. The van der Waals surface area contributed by atoms with Gasteiger partial charge in [0.2, 0.25) is 5.88 Å². The molecule has 2 aromatic rings. The molecule has 3 N–H and O–H groups in total. The van der Waals surface area contributed by atoms with Gasteiger partial charge >= 0.3 is 0 Å². The first-order chi connectivity index (χ1) is 13.8. The van der Waals surface area contributed by atoms with Gasteiger partial charge in [-0.2, -0.15) is 0 Å². The van der Waals surface area contributed by atoms with Gasteiger partial charge in [-0.1, -0.05) is 30.3 Å². The van der Waals surface area contributed by atoms with Crippen molar-refractivity contribution in [1.82, 2.24) is 15.6 Å². The van der Waals surface area contributed by atoms with Gasteiger partial charge in [-0.05, 0) is 42.9 Å². The van der Waals surface area contributed by atoms with Crippen molar-refractivity contribution in [3.05, 3.63) is 59.8 Å². The molecule has 0 bridgehead atoms. The second-order valence-corrected chi connectivity index (χ2v) is 7.12. The highest BCUT2D eigenvalue weighted by Gasteiger charge is 2.17. The molecule has 1 aliphatic rings. The third-order valence-corrected chi connectivity index (χ3v) is 5.08. The minimum Gasteiger partial charge on any atom is -0.474 e. The predicted octanol–water partition coefficient (Wildman–Crippen LogP) is 3.46. The number of nitrogens with zero attached hydrogens (tertiary/aromatic N) is 2. The van der Waals surface area contributed by atoms with Crippen LogP contribution in [0.2, 0.25) is 0 Å². The van der Waals surface area contributed by atoms with Crippen LogP contribution in [0, 0.1) is 0 Å². The number of aliphatic hydroxyl groups excluding tert-OH is 1. The summed E-state index contributed by atoms with van der Waals surface area (Å²) in [7, 11) is 1.74. The summed E-state index contributed by atoms with van der Waals surface area (Å²) in [6.07, 6.45) is 6.81. The lowest BCUT2D eigenvalue weighted by Gasteiger charge is -2.18. The molecule has 0 aliphatic heterocycles. The van der Waals surface area contributed by atoms with E-state index in [-0.39, 0.29) is 36.5 Å². The van der Waals surface area contributed by atoms with Gasteiger partial charge in [0, 0.05) is 38.3 Å². The van der Waals surface area contributed by atoms with Crippen molar-refractivity contribution in [1.29, 1.82) is 0 Å². The summed E-state index contributed by atoms with van der Waals surface area (Å²) in [4.78, 5) is 8.61. The molecule has 1 heterocycles. The maximum Gasteiger partial charge on any atom is 0.213 e. The number of benzene rings is 1. The van der Waals surface area contributed by atoms with Gasteiger partial charge in [0.1, 0.15) is 6.10 Å². The number of nitrogens with one attached hydrogen (secondary N) is 2. The molecule has 1 aliphatic carbocycles. The Labute approximate surface area is 190 Å². The summed E-state index contributed by atoms with van der Waals surface area (Å²) in [5.74, 6) is 1.41. The van der Waals surface area contributed by atoms with Crippen LogP contribution in [0.25, 0.3) is 0 Å². The fraction of sp³-hybridized carbons (Fsp3) is 0.455. The van der Waals surface area contributed by atoms with E-state index in [2.05, 4.69) is 20.6 Å². The third-order valence-electron chi connectivity index (χ3n) is 5.08. The first kappa shape index (κ1) is 23.4. The Bertz CT molecular complexity index is 751. The van der Waals surface area contributed by atoms with Gasteiger partial charge in [-0.25, -0.2) is 4.98 Å². The largest absolute Gasteiger partial charge is 0.474 e. The van der Waals surface area contributed by atoms with E-state index in [1.807, 2.05) is 42.5 Å². The molecule has 1 fully saturated rings. The third kappa shape index (κ3) is 7.47. The lowest BCUT2D eigenvalue weighted by atomic mass is 10.0. The van der Waals surface area contributed by atoms with Gasteiger partial charge < -0.3 is 20.5 Å². The molecule has 29 heavy (non-hydrogen) atoms. The predicted molar refractivity (Wildman–Crippen MR) is 127 cm³/mol. The fourth-order valence-corrected chi connectivity index (χ4v) is 3.44. The van der Waals surface area contributed by atoms with Crippen LogP contribution in [0.4, 0.5) is 0 Å². The van der Waals surface area contributed by atoms with Gasteiger partial charge in [-0.3, -0.25) is 4.99 Å². The highest BCUT2D eigenvalue weighted by molar-refractivity contribution is 14.0. The Hall–Kier alpha value is -1.87. The minimum atomic E-state index is 0. The summed E-state index contributed by atoms with van der Waals surface area (Å²) >= 11 is 0. The van der Waals surface area contributed by atoms with E-state index in [0.29, 0.717) is 31.0 Å². The number of hydrogen-bond acceptors (Lipinski definition) is 4. The van der Waals surface area contributed by atoms with Crippen LogP contribution in [-0.4, -0.2) is 42.4 Å². The van der Waals surface area contributed by atoms with E-state index < -0.39 is 0 Å². The van der Waals surface area contributed by atoms with Crippen LogP contribution < -0.4 is 15.4 Å². The number of aliphatic hydroxyl groups is 1. The number of guanidine groups is 1. The number of aromatic nitrogens is 1. The molecule has 0 spiro atoms. The number of hydrogen-bond donors (Lipinski definition) is 3. The van der Waals surface area contributed by atoms with Gasteiger partial charge in [0.25, 0.3) is 0 Å². The molecule has 0 saturated heterocycles. The molecule has 0 radical (unpaired) electrons. The molecule has 0 amide bonds. The van der Waals surface area contributed by atoms with Gasteiger partial charge in [0.05, 0.1) is 6.61 Å². The van der Waals surface area contributed by atoms with E-state index in [0.717, 1.165) is 24.0 Å². The highest BCUT2D eigenvalue weighted by Crippen LogP contribution is 2.23. The topological polar surface area (TPSA) is 78.8 Å². The van der Waals surface area contributed by atoms with Crippen molar-refractivity contribution in [2.75, 3.05) is 20.2 Å². The molecule has 3 rings (SSSR count). The van der Waals surface area contributed by atoms with Crippen molar-refractivity contribution < 1.29 is 9.84 Å². The summed E-state index contributed by atoms with van der Waals surface area (Å²) in [5, 5.41) is 16.3. The molecule has 1 saturated carbocycles. The highest BCUT2D eigenvalue weighted by atomic mass is 127. The van der Waals surface area contributed by atoms with E-state index in [1.54, 1.807) is 13.2 Å². The smallest absolute Gasteiger partial charge is 0.213 e. The van der Waals surface area contributed by atoms with Crippen molar-refractivity contribution >= 4 is 29.9 Å². The molecule has 1 unspecified atom stereocenters. The maximum atomic E-state index is 9.70. The Morgan fingerprint density at radius 2 is 1.97 bits per heavy atom. The van der Waals surface area contributed by atoms with Crippen LogP contribution in [0.5, 0.6) is 5.88 Å². The number of rotatable bonds is 8. The molecule has 7 heteroatoms. The Kier molecular flexibility index (Phi) is 10.2. The summed E-state index contributed by atoms with van der Waals surface area (Å²) in [6.45, 7) is 1.31. The normalized spacial score (nSPS) is 15.4. The van der Waals surface area contributed by atoms with Crippen LogP contribution in [0.3, 0.4) is 0 Å². The quantitative estimate of drug-likeness (QED) is 0.288. The zero-order chi connectivity index (χ0) is 19.6. The Balaban J connectivity index is 0.00000300. The molecule has 158 valence electrons. The monoisotopic (exact) mass is 510 g/mol. The molecule has 1 aromatic heterocycles. The minimum absolute atomic E-state index is 0. The summed E-state index contributed by atoms with van der Waals surface area (Å²) in [5.41, 5.74) is 2.20. The maximum absolute atomic E-state index is 9.70. The lowest BCUT2D eigenvalue weighted by Crippen LogP contribution is -2.39. The van der Waals surface area contributed by atoms with Gasteiger partial charge in [0.15, 0.2) is 5.96 Å². The number of pyridine rings is 1. The first-order valence-corrected chi connectivity index (χ1v) is 10.0. The van der Waals surface area contributed by atoms with Crippen molar-refractivity contribution in [2.45, 2.75) is 44.2 Å². The lowest BCUT2D eigenvalue weighted by molar-refractivity contribution is 0.201.